The molecule has 0 N–H and O–H groups in total. The van der Waals surface area contributed by atoms with Crippen LogP contribution in [-0.2, 0) is 0 Å². The van der Waals surface area contributed by atoms with Crippen LogP contribution in [0.3, 0.4) is 0 Å². The zero-order valence-electron chi connectivity index (χ0n) is 14.3. The molecule has 0 radical (unpaired) electrons. The maximum absolute atomic E-state index is 2.51. The largest absolute Gasteiger partial charge is 0.0651 e. The van der Waals surface area contributed by atoms with Crippen LogP contribution in [0.15, 0.2) is 0 Å². The van der Waals surface area contributed by atoms with Crippen molar-refractivity contribution in [3.05, 3.63) is 0 Å². The zero-order chi connectivity index (χ0) is 14.3. The quantitative estimate of drug-likeness (QED) is 0.554. The van der Waals surface area contributed by atoms with Crippen LogP contribution in [-0.4, -0.2) is 0 Å². The lowest BCUT2D eigenvalue weighted by molar-refractivity contribution is -0.129. The van der Waals surface area contributed by atoms with Gasteiger partial charge < -0.3 is 0 Å². The Bertz CT molecular complexity index is 246. The first-order chi connectivity index (χ1) is 7.23. The number of hydrogen-bond donors (Lipinski definition) is 0. The van der Waals surface area contributed by atoms with Crippen LogP contribution in [0.25, 0.3) is 0 Å². The molecule has 0 rings (SSSR count). The topological polar surface area (TPSA) is 0 Å². The molecule has 0 saturated heterocycles. The van der Waals surface area contributed by atoms with Crippen LogP contribution < -0.4 is 0 Å². The molecule has 0 saturated carbocycles. The molecule has 0 aliphatic heterocycles. The summed E-state index contributed by atoms with van der Waals surface area (Å²) in [5.41, 5.74) is 1.26. The van der Waals surface area contributed by atoms with Gasteiger partial charge in [0, 0.05) is 0 Å². The smallest absolute Gasteiger partial charge is 0.0195 e. The van der Waals surface area contributed by atoms with Gasteiger partial charge in [-0.15, -0.1) is 0 Å². The first-order valence-electron chi connectivity index (χ1n) is 7.23. The van der Waals surface area contributed by atoms with E-state index in [2.05, 4.69) is 76.2 Å². The summed E-state index contributed by atoms with van der Waals surface area (Å²) in [5, 5.41) is 0. The lowest BCUT2D eigenvalue weighted by Gasteiger charge is -2.61. The van der Waals surface area contributed by atoms with E-state index in [0.717, 1.165) is 5.92 Å². The summed E-state index contributed by atoms with van der Waals surface area (Å²) >= 11 is 0. The molecule has 17 heavy (non-hydrogen) atoms. The molecule has 0 fully saturated rings. The molecule has 0 aliphatic rings. The molecule has 104 valence electrons. The van der Waals surface area contributed by atoms with Crippen molar-refractivity contribution in [2.75, 3.05) is 0 Å². The third kappa shape index (κ3) is 2.56. The molecule has 0 heteroatoms. The number of hydrogen-bond acceptors (Lipinski definition) is 0. The summed E-state index contributed by atoms with van der Waals surface area (Å²) in [6.07, 6.45) is 1.26. The van der Waals surface area contributed by atoms with Gasteiger partial charge in [0.1, 0.15) is 0 Å². The third-order valence-corrected chi connectivity index (χ3v) is 6.33. The molecule has 0 aromatic rings. The monoisotopic (exact) mass is 240 g/mol. The molecule has 0 spiro atoms. The van der Waals surface area contributed by atoms with E-state index in [-0.39, 0.29) is 0 Å². The molecule has 0 aliphatic carbocycles. The van der Waals surface area contributed by atoms with Gasteiger partial charge in [0.25, 0.3) is 0 Å². The molecule has 0 heterocycles. The van der Waals surface area contributed by atoms with Crippen LogP contribution in [0.5, 0.6) is 0 Å². The zero-order valence-corrected chi connectivity index (χ0v) is 14.3. The van der Waals surface area contributed by atoms with E-state index in [0.29, 0.717) is 21.7 Å². The van der Waals surface area contributed by atoms with E-state index in [4.69, 9.17) is 0 Å². The average Bonchev–Trinajstić information content (AvgIpc) is 2.11. The molecule has 2 atom stereocenters. The predicted molar refractivity (Wildman–Crippen MR) is 80.3 cm³/mol. The second-order valence-corrected chi connectivity index (χ2v) is 8.64. The second-order valence-electron chi connectivity index (χ2n) is 8.64. The lowest BCUT2D eigenvalue weighted by Crippen LogP contribution is -2.55. The Morgan fingerprint density at radius 1 is 0.706 bits per heavy atom. The van der Waals surface area contributed by atoms with Crippen molar-refractivity contribution in [1.82, 2.24) is 0 Å². The van der Waals surface area contributed by atoms with Crippen LogP contribution in [0.2, 0.25) is 0 Å². The van der Waals surface area contributed by atoms with Crippen molar-refractivity contribution in [3.8, 4) is 0 Å². The van der Waals surface area contributed by atoms with Gasteiger partial charge in [0.15, 0.2) is 0 Å². The molecule has 0 nitrogen and oxygen atoms in total. The van der Waals surface area contributed by atoms with Crippen molar-refractivity contribution in [3.63, 3.8) is 0 Å². The van der Waals surface area contributed by atoms with Crippen LogP contribution in [0.4, 0.5) is 0 Å². The minimum absolute atomic E-state index is 0.299. The Morgan fingerprint density at radius 2 is 1.06 bits per heavy atom. The first-order valence-corrected chi connectivity index (χ1v) is 7.23. The highest BCUT2D eigenvalue weighted by molar-refractivity contribution is 5.04. The van der Waals surface area contributed by atoms with Gasteiger partial charge >= 0.3 is 0 Å². The summed E-state index contributed by atoms with van der Waals surface area (Å²) in [5.74, 6) is 0.733. The summed E-state index contributed by atoms with van der Waals surface area (Å²) in [6, 6.07) is 0. The van der Waals surface area contributed by atoms with Crippen molar-refractivity contribution in [1.29, 1.82) is 0 Å². The fraction of sp³-hybridized carbons (Fsp3) is 1.00. The van der Waals surface area contributed by atoms with Crippen LogP contribution in [0.1, 0.15) is 82.6 Å². The van der Waals surface area contributed by atoms with E-state index < -0.39 is 0 Å². The highest BCUT2D eigenvalue weighted by atomic mass is 14.6. The third-order valence-electron chi connectivity index (χ3n) is 6.33. The maximum atomic E-state index is 2.51. The van der Waals surface area contributed by atoms with Crippen molar-refractivity contribution >= 4 is 0 Å². The van der Waals surface area contributed by atoms with Crippen molar-refractivity contribution in [2.24, 2.45) is 27.6 Å². The van der Waals surface area contributed by atoms with Gasteiger partial charge in [-0.3, -0.25) is 0 Å². The van der Waals surface area contributed by atoms with Gasteiger partial charge in [-0.2, -0.15) is 0 Å². The van der Waals surface area contributed by atoms with E-state index in [1.807, 2.05) is 0 Å². The summed E-state index contributed by atoms with van der Waals surface area (Å²) in [7, 11) is 0. The molecule has 2 unspecified atom stereocenters. The summed E-state index contributed by atoms with van der Waals surface area (Å²) in [4.78, 5) is 0. The van der Waals surface area contributed by atoms with Crippen LogP contribution >= 0.6 is 0 Å². The van der Waals surface area contributed by atoms with E-state index in [9.17, 15) is 0 Å². The average molecular weight is 240 g/mol. The molecule has 0 bridgehead atoms. The molecule has 0 aromatic carbocycles. The highest BCUT2D eigenvalue weighted by Gasteiger charge is 2.55. The maximum Gasteiger partial charge on any atom is -0.0195 e. The van der Waals surface area contributed by atoms with Gasteiger partial charge in [0.05, 0.1) is 0 Å². The minimum atomic E-state index is 0.299. The van der Waals surface area contributed by atoms with Gasteiger partial charge in [-0.25, -0.2) is 0 Å². The minimum Gasteiger partial charge on any atom is -0.0651 e. The molecular formula is C17H36. The second kappa shape index (κ2) is 4.59. The summed E-state index contributed by atoms with van der Waals surface area (Å²) < 4.78 is 0. The Hall–Kier alpha value is 0. The molecular weight excluding hydrogens is 204 g/mol. The Labute approximate surface area is 111 Å². The fourth-order valence-corrected chi connectivity index (χ4v) is 3.48. The van der Waals surface area contributed by atoms with Crippen molar-refractivity contribution < 1.29 is 0 Å². The Kier molecular flexibility index (Phi) is 4.59. The van der Waals surface area contributed by atoms with Gasteiger partial charge in [-0.1, -0.05) is 82.6 Å². The van der Waals surface area contributed by atoms with Crippen molar-refractivity contribution in [2.45, 2.75) is 82.6 Å². The lowest BCUT2D eigenvalue weighted by atomic mass is 9.43. The van der Waals surface area contributed by atoms with Gasteiger partial charge in [-0.05, 0) is 27.6 Å². The van der Waals surface area contributed by atoms with E-state index in [1.165, 1.54) is 6.42 Å². The summed E-state index contributed by atoms with van der Waals surface area (Å²) in [6.45, 7) is 26.6. The Balaban J connectivity index is 5.83. The van der Waals surface area contributed by atoms with Gasteiger partial charge in [0.2, 0.25) is 0 Å². The van der Waals surface area contributed by atoms with Crippen LogP contribution in [0, 0.1) is 27.6 Å². The normalized spacial score (nSPS) is 19.9. The SMILES string of the molecule is CCC(C)C(C)(C(C)(C)C)C(C)(C)C(C)(C)C. The fourth-order valence-electron chi connectivity index (χ4n) is 3.48. The van der Waals surface area contributed by atoms with E-state index >= 15 is 0 Å². The Morgan fingerprint density at radius 3 is 1.24 bits per heavy atom. The number of rotatable bonds is 3. The predicted octanol–water partition coefficient (Wildman–Crippen LogP) is 6.16. The highest BCUT2D eigenvalue weighted by Crippen LogP contribution is 2.62. The molecule has 0 amide bonds. The van der Waals surface area contributed by atoms with E-state index in [1.54, 1.807) is 0 Å². The standard InChI is InChI=1S/C17H36/c1-12-13(2)17(11,15(6,7)8)16(9,10)14(3,4)5/h13H,12H2,1-11H3. The first kappa shape index (κ1) is 17.0. The molecule has 0 aromatic heterocycles.